The lowest BCUT2D eigenvalue weighted by Crippen LogP contribution is -2.49. The van der Waals surface area contributed by atoms with E-state index in [1.165, 1.54) is 7.11 Å². The number of allylic oxidation sites excluding steroid dienone is 2. The third-order valence-corrected chi connectivity index (χ3v) is 5.12. The minimum atomic E-state index is -0.313. The van der Waals surface area contributed by atoms with Gasteiger partial charge in [0.1, 0.15) is 0 Å². The maximum Gasteiger partial charge on any atom is 0.242 e. The summed E-state index contributed by atoms with van der Waals surface area (Å²) in [4.78, 5) is 25.9. The number of aromatic hydroxyl groups is 1. The van der Waals surface area contributed by atoms with Crippen LogP contribution in [0.15, 0.2) is 29.5 Å². The van der Waals surface area contributed by atoms with Crippen LogP contribution in [0.1, 0.15) is 44.6 Å². The molecule has 0 bridgehead atoms. The Bertz CT molecular complexity index is 795. The second-order valence-electron chi connectivity index (χ2n) is 8.04. The lowest BCUT2D eigenvalue weighted by Gasteiger charge is -2.44. The molecule has 0 radical (unpaired) electrons. The highest BCUT2D eigenvalue weighted by atomic mass is 16.5. The third kappa shape index (κ3) is 3.09. The first kappa shape index (κ1) is 18.5. The molecule has 0 unspecified atom stereocenters. The van der Waals surface area contributed by atoms with Crippen molar-refractivity contribution in [2.45, 2.75) is 39.0 Å². The highest BCUT2D eigenvalue weighted by molar-refractivity contribution is 6.02. The fourth-order valence-electron chi connectivity index (χ4n) is 4.06. The van der Waals surface area contributed by atoms with Crippen LogP contribution < -0.4 is 4.74 Å². The molecular formula is C20H26N2O4. The van der Waals surface area contributed by atoms with Crippen molar-refractivity contribution in [2.75, 3.05) is 21.2 Å². The summed E-state index contributed by atoms with van der Waals surface area (Å²) in [5.41, 5.74) is 2.14. The number of ether oxygens (including phenoxy) is 1. The second-order valence-corrected chi connectivity index (χ2v) is 8.04. The summed E-state index contributed by atoms with van der Waals surface area (Å²) in [5, 5.41) is 13.3. The number of phenolic OH excluding ortho intramolecular Hbond substituents is 1. The summed E-state index contributed by atoms with van der Waals surface area (Å²) in [6.07, 6.45) is 1.35. The minimum Gasteiger partial charge on any atom is -0.504 e. The van der Waals surface area contributed by atoms with Gasteiger partial charge in [-0.2, -0.15) is 0 Å². The van der Waals surface area contributed by atoms with E-state index in [1.807, 2.05) is 14.1 Å². The molecule has 1 atom stereocenters. The Morgan fingerprint density at radius 1 is 1.23 bits per heavy atom. The van der Waals surface area contributed by atoms with Crippen molar-refractivity contribution in [2.24, 2.45) is 5.41 Å². The standard InChI is InChI=1S/C20H26N2O4/c1-20(2)10-14-19(16(24)11-20)13(9-18(25)22(14)21(3)4)12-6-7-15(23)17(8-12)26-5/h6-8,13,23H,9-11H2,1-5H3/t13-/m0/s1. The molecule has 0 saturated heterocycles. The number of carbonyl (C=O) groups is 2. The first-order valence-electron chi connectivity index (χ1n) is 8.78. The van der Waals surface area contributed by atoms with Crippen LogP contribution in [0, 0.1) is 5.41 Å². The van der Waals surface area contributed by atoms with Gasteiger partial charge in [-0.1, -0.05) is 19.9 Å². The van der Waals surface area contributed by atoms with E-state index in [0.29, 0.717) is 24.2 Å². The molecule has 6 heteroatoms. The van der Waals surface area contributed by atoms with Crippen molar-refractivity contribution in [3.8, 4) is 11.5 Å². The van der Waals surface area contributed by atoms with E-state index in [9.17, 15) is 14.7 Å². The first-order valence-corrected chi connectivity index (χ1v) is 8.78. The highest BCUT2D eigenvalue weighted by Crippen LogP contribution is 2.47. The average Bonchev–Trinajstić information content (AvgIpc) is 2.52. The van der Waals surface area contributed by atoms with Crippen LogP contribution >= 0.6 is 0 Å². The molecule has 2 aliphatic rings. The lowest BCUT2D eigenvalue weighted by atomic mass is 9.69. The minimum absolute atomic E-state index is 0.0312. The molecule has 0 spiro atoms. The number of benzene rings is 1. The van der Waals surface area contributed by atoms with E-state index in [-0.39, 0.29) is 35.2 Å². The van der Waals surface area contributed by atoms with Crippen LogP contribution in [0.3, 0.4) is 0 Å². The Morgan fingerprint density at radius 3 is 2.54 bits per heavy atom. The van der Waals surface area contributed by atoms with Crippen LogP contribution in [-0.2, 0) is 9.59 Å². The van der Waals surface area contributed by atoms with Crippen molar-refractivity contribution in [1.82, 2.24) is 10.0 Å². The van der Waals surface area contributed by atoms with Gasteiger partial charge >= 0.3 is 0 Å². The zero-order valence-corrected chi connectivity index (χ0v) is 16.0. The number of rotatable bonds is 3. The number of hydrogen-bond acceptors (Lipinski definition) is 5. The Hall–Kier alpha value is -2.34. The molecule has 3 rings (SSSR count). The van der Waals surface area contributed by atoms with E-state index < -0.39 is 0 Å². The molecule has 0 aromatic heterocycles. The van der Waals surface area contributed by atoms with Gasteiger partial charge in [-0.15, -0.1) is 0 Å². The number of methoxy groups -OCH3 is 1. The summed E-state index contributed by atoms with van der Waals surface area (Å²) in [7, 11) is 5.12. The zero-order valence-electron chi connectivity index (χ0n) is 16.0. The highest BCUT2D eigenvalue weighted by Gasteiger charge is 2.44. The van der Waals surface area contributed by atoms with Crippen molar-refractivity contribution in [3.05, 3.63) is 35.0 Å². The molecule has 6 nitrogen and oxygen atoms in total. The van der Waals surface area contributed by atoms with Gasteiger partial charge in [0.15, 0.2) is 17.3 Å². The van der Waals surface area contributed by atoms with E-state index in [4.69, 9.17) is 4.74 Å². The van der Waals surface area contributed by atoms with E-state index >= 15 is 0 Å². The average molecular weight is 358 g/mol. The molecule has 1 aromatic rings. The van der Waals surface area contributed by atoms with Gasteiger partial charge in [-0.3, -0.25) is 9.59 Å². The molecule has 1 heterocycles. The van der Waals surface area contributed by atoms with E-state index in [2.05, 4.69) is 13.8 Å². The molecule has 0 fully saturated rings. The normalized spacial score (nSPS) is 22.7. The van der Waals surface area contributed by atoms with Gasteiger partial charge in [-0.25, -0.2) is 10.0 Å². The van der Waals surface area contributed by atoms with Gasteiger partial charge in [0.25, 0.3) is 0 Å². The Balaban J connectivity index is 2.16. The fourth-order valence-corrected chi connectivity index (χ4v) is 4.06. The number of phenols is 1. The van der Waals surface area contributed by atoms with Crippen LogP contribution in [0.25, 0.3) is 0 Å². The van der Waals surface area contributed by atoms with Crippen molar-refractivity contribution in [1.29, 1.82) is 0 Å². The zero-order chi connectivity index (χ0) is 19.2. The molecule has 1 aromatic carbocycles. The summed E-state index contributed by atoms with van der Waals surface area (Å²) in [6.45, 7) is 4.11. The monoisotopic (exact) mass is 358 g/mol. The van der Waals surface area contributed by atoms with E-state index in [1.54, 1.807) is 28.2 Å². The fraction of sp³-hybridized carbons (Fsp3) is 0.500. The van der Waals surface area contributed by atoms with Crippen LogP contribution in [0.4, 0.5) is 0 Å². The van der Waals surface area contributed by atoms with Gasteiger partial charge in [0.05, 0.1) is 7.11 Å². The first-order chi connectivity index (χ1) is 12.1. The lowest BCUT2D eigenvalue weighted by molar-refractivity contribution is -0.143. The molecule has 26 heavy (non-hydrogen) atoms. The number of carbonyl (C=O) groups excluding carboxylic acids is 2. The van der Waals surface area contributed by atoms with Gasteiger partial charge in [0.2, 0.25) is 5.91 Å². The van der Waals surface area contributed by atoms with Crippen LogP contribution in [0.2, 0.25) is 0 Å². The Labute approximate surface area is 154 Å². The third-order valence-electron chi connectivity index (χ3n) is 5.12. The Kier molecular flexibility index (Phi) is 4.56. The summed E-state index contributed by atoms with van der Waals surface area (Å²) in [6, 6.07) is 5.03. The van der Waals surface area contributed by atoms with Crippen molar-refractivity contribution >= 4 is 11.7 Å². The van der Waals surface area contributed by atoms with Crippen molar-refractivity contribution in [3.63, 3.8) is 0 Å². The summed E-state index contributed by atoms with van der Waals surface area (Å²) < 4.78 is 5.20. The molecule has 1 aliphatic carbocycles. The number of amides is 1. The summed E-state index contributed by atoms with van der Waals surface area (Å²) >= 11 is 0. The second kappa shape index (κ2) is 6.43. The number of ketones is 1. The molecule has 140 valence electrons. The quantitative estimate of drug-likeness (QED) is 0.900. The van der Waals surface area contributed by atoms with Crippen LogP contribution in [-0.4, -0.2) is 48.0 Å². The predicted octanol–water partition coefficient (Wildman–Crippen LogP) is 2.84. The molecule has 1 amide bonds. The van der Waals surface area contributed by atoms with Gasteiger partial charge < -0.3 is 9.84 Å². The van der Waals surface area contributed by atoms with E-state index in [0.717, 1.165) is 11.3 Å². The SMILES string of the molecule is COc1cc([C@@H]2CC(=O)N(N(C)C)C3=C2C(=O)CC(C)(C)C3)ccc1O. The molecular weight excluding hydrogens is 332 g/mol. The maximum atomic E-state index is 13.0. The smallest absolute Gasteiger partial charge is 0.242 e. The van der Waals surface area contributed by atoms with Crippen LogP contribution in [0.5, 0.6) is 11.5 Å². The summed E-state index contributed by atoms with van der Waals surface area (Å²) in [5.74, 6) is 0.130. The van der Waals surface area contributed by atoms with Gasteiger partial charge in [0, 0.05) is 44.1 Å². The molecule has 0 saturated carbocycles. The predicted molar refractivity (Wildman–Crippen MR) is 97.6 cm³/mol. The van der Waals surface area contributed by atoms with Crippen molar-refractivity contribution < 1.29 is 19.4 Å². The maximum absolute atomic E-state index is 13.0. The molecule has 1 aliphatic heterocycles. The number of hydrogen-bond donors (Lipinski definition) is 1. The topological polar surface area (TPSA) is 70.1 Å². The Morgan fingerprint density at radius 2 is 1.92 bits per heavy atom. The van der Waals surface area contributed by atoms with Gasteiger partial charge in [-0.05, 0) is 29.5 Å². The molecule has 1 N–H and O–H groups in total. The number of Topliss-reactive ketones (excluding diaryl/α,β-unsaturated/α-hetero) is 1. The number of hydrazine groups is 1. The largest absolute Gasteiger partial charge is 0.504 e. The number of nitrogens with zero attached hydrogens (tertiary/aromatic N) is 2.